The minimum atomic E-state index is -0.156. The number of fused-ring (bicyclic) bond motifs is 3. The molecule has 1 atom stereocenters. The molecule has 0 aliphatic carbocycles. The summed E-state index contributed by atoms with van der Waals surface area (Å²) in [7, 11) is 0. The zero-order chi connectivity index (χ0) is 16.8. The molecule has 2 aliphatic rings. The highest BCUT2D eigenvalue weighted by molar-refractivity contribution is 5.96. The predicted molar refractivity (Wildman–Crippen MR) is 92.1 cm³/mol. The molecule has 2 aromatic carbocycles. The van der Waals surface area contributed by atoms with Crippen LogP contribution in [0.4, 0.5) is 5.69 Å². The van der Waals surface area contributed by atoms with Crippen LogP contribution in [0.15, 0.2) is 42.6 Å². The van der Waals surface area contributed by atoms with Crippen LogP contribution in [0.2, 0.25) is 0 Å². The van der Waals surface area contributed by atoms with Crippen LogP contribution in [-0.4, -0.2) is 29.1 Å². The second-order valence-corrected chi connectivity index (χ2v) is 6.17. The van der Waals surface area contributed by atoms with Crippen LogP contribution in [0.5, 0.6) is 11.5 Å². The molecule has 2 aliphatic heterocycles. The number of carbonyl (C=O) groups is 1. The molecule has 0 spiro atoms. The van der Waals surface area contributed by atoms with E-state index in [4.69, 9.17) is 14.5 Å². The Balaban J connectivity index is 1.65. The maximum atomic E-state index is 12.2. The molecular weight excluding hydrogens is 318 g/mol. The predicted octanol–water partition coefficient (Wildman–Crippen LogP) is 2.88. The number of aromatic nitrogens is 2. The summed E-state index contributed by atoms with van der Waals surface area (Å²) in [6, 6.07) is 11.5. The van der Waals surface area contributed by atoms with Crippen LogP contribution in [0.25, 0.3) is 11.0 Å². The van der Waals surface area contributed by atoms with Crippen molar-refractivity contribution in [3.63, 3.8) is 0 Å². The van der Waals surface area contributed by atoms with E-state index in [0.29, 0.717) is 31.1 Å². The average Bonchev–Trinajstić information content (AvgIpc) is 2.65. The molecule has 0 bridgehead atoms. The van der Waals surface area contributed by atoms with Gasteiger partial charge in [0.2, 0.25) is 5.91 Å². The summed E-state index contributed by atoms with van der Waals surface area (Å²) < 4.78 is 11.3. The third-order valence-electron chi connectivity index (χ3n) is 4.58. The Labute approximate surface area is 143 Å². The van der Waals surface area contributed by atoms with Crippen LogP contribution >= 0.6 is 0 Å². The van der Waals surface area contributed by atoms with Gasteiger partial charge in [-0.25, -0.2) is 4.98 Å². The summed E-state index contributed by atoms with van der Waals surface area (Å²) in [6.07, 6.45) is 2.09. The molecule has 3 heterocycles. The van der Waals surface area contributed by atoms with Crippen molar-refractivity contribution < 1.29 is 14.3 Å². The van der Waals surface area contributed by atoms with Gasteiger partial charge >= 0.3 is 0 Å². The van der Waals surface area contributed by atoms with Gasteiger partial charge in [0, 0.05) is 30.3 Å². The van der Waals surface area contributed by atoms with Gasteiger partial charge in [-0.1, -0.05) is 12.1 Å². The number of rotatable bonds is 1. The van der Waals surface area contributed by atoms with Gasteiger partial charge in [0.1, 0.15) is 13.2 Å². The Morgan fingerprint density at radius 1 is 1.04 bits per heavy atom. The summed E-state index contributed by atoms with van der Waals surface area (Å²) in [4.78, 5) is 21.4. The Morgan fingerprint density at radius 2 is 1.80 bits per heavy atom. The lowest BCUT2D eigenvalue weighted by molar-refractivity contribution is -0.116. The van der Waals surface area contributed by atoms with E-state index in [9.17, 15) is 4.79 Å². The lowest BCUT2D eigenvalue weighted by atomic mass is 9.87. The van der Waals surface area contributed by atoms with Crippen molar-refractivity contribution in [2.75, 3.05) is 18.5 Å². The Morgan fingerprint density at radius 3 is 2.64 bits per heavy atom. The number of hydrogen-bond acceptors (Lipinski definition) is 5. The van der Waals surface area contributed by atoms with Gasteiger partial charge in [0.15, 0.2) is 11.5 Å². The molecule has 0 radical (unpaired) electrons. The zero-order valence-electron chi connectivity index (χ0n) is 13.4. The summed E-state index contributed by atoms with van der Waals surface area (Å²) >= 11 is 0. The van der Waals surface area contributed by atoms with Crippen molar-refractivity contribution in [1.29, 1.82) is 0 Å². The van der Waals surface area contributed by atoms with E-state index in [1.54, 1.807) is 6.20 Å². The Hall–Kier alpha value is -3.15. The van der Waals surface area contributed by atoms with E-state index in [0.717, 1.165) is 28.0 Å². The third-order valence-corrected chi connectivity index (χ3v) is 4.58. The summed E-state index contributed by atoms with van der Waals surface area (Å²) in [6.45, 7) is 1.04. The second-order valence-electron chi connectivity index (χ2n) is 6.17. The SMILES string of the molecule is O=C1C[C@@H](c2cnc3ccccc3n2)c2cc3c(cc2N1)OCCO3. The monoisotopic (exact) mass is 333 g/mol. The number of anilines is 1. The molecule has 0 fully saturated rings. The maximum absolute atomic E-state index is 12.2. The smallest absolute Gasteiger partial charge is 0.225 e. The quantitative estimate of drug-likeness (QED) is 0.741. The first kappa shape index (κ1) is 14.2. The number of ether oxygens (including phenoxy) is 2. The van der Waals surface area contributed by atoms with Crippen molar-refractivity contribution in [3.05, 3.63) is 53.9 Å². The molecule has 25 heavy (non-hydrogen) atoms. The molecule has 5 rings (SSSR count). The van der Waals surface area contributed by atoms with Crippen LogP contribution < -0.4 is 14.8 Å². The average molecular weight is 333 g/mol. The molecule has 0 unspecified atom stereocenters. The summed E-state index contributed by atoms with van der Waals surface area (Å²) in [5.41, 5.74) is 4.18. The topological polar surface area (TPSA) is 73.3 Å². The molecule has 0 saturated carbocycles. The van der Waals surface area contributed by atoms with Gasteiger partial charge in [0.25, 0.3) is 0 Å². The highest BCUT2D eigenvalue weighted by Gasteiger charge is 2.30. The van der Waals surface area contributed by atoms with Gasteiger partial charge in [-0.05, 0) is 23.8 Å². The number of amides is 1. The largest absolute Gasteiger partial charge is 0.486 e. The standard InChI is InChI=1S/C19H15N3O3/c23-19-8-12(16-10-20-13-3-1-2-4-14(13)21-16)11-7-17-18(9-15(11)22-19)25-6-5-24-17/h1-4,7,9-10,12H,5-6,8H2,(H,22,23)/t12-/m1/s1. The molecule has 0 saturated heterocycles. The molecule has 6 nitrogen and oxygen atoms in total. The van der Waals surface area contributed by atoms with E-state index >= 15 is 0 Å². The fourth-order valence-corrected chi connectivity index (χ4v) is 3.40. The van der Waals surface area contributed by atoms with Crippen LogP contribution in [0.1, 0.15) is 23.6 Å². The van der Waals surface area contributed by atoms with Crippen LogP contribution in [-0.2, 0) is 4.79 Å². The molecular formula is C19H15N3O3. The number of nitrogens with one attached hydrogen (secondary N) is 1. The molecule has 1 N–H and O–H groups in total. The normalized spacial score (nSPS) is 18.6. The van der Waals surface area contributed by atoms with Gasteiger partial charge in [-0.2, -0.15) is 0 Å². The molecule has 3 aromatic rings. The lowest BCUT2D eigenvalue weighted by Crippen LogP contribution is -2.25. The van der Waals surface area contributed by atoms with Crippen molar-refractivity contribution in [3.8, 4) is 11.5 Å². The van der Waals surface area contributed by atoms with Crippen molar-refractivity contribution >= 4 is 22.6 Å². The maximum Gasteiger partial charge on any atom is 0.225 e. The summed E-state index contributed by atoms with van der Waals surface area (Å²) in [5, 5.41) is 2.92. The highest BCUT2D eigenvalue weighted by atomic mass is 16.6. The highest BCUT2D eigenvalue weighted by Crippen LogP contribution is 2.43. The first-order valence-electron chi connectivity index (χ1n) is 8.23. The van der Waals surface area contributed by atoms with E-state index in [-0.39, 0.29) is 11.8 Å². The van der Waals surface area contributed by atoms with Gasteiger partial charge in [-0.3, -0.25) is 9.78 Å². The number of benzene rings is 2. The zero-order valence-corrected chi connectivity index (χ0v) is 13.4. The van der Waals surface area contributed by atoms with E-state index in [1.807, 2.05) is 36.4 Å². The Bertz CT molecular complexity index is 1000. The van der Waals surface area contributed by atoms with Crippen LogP contribution in [0.3, 0.4) is 0 Å². The van der Waals surface area contributed by atoms with Crippen molar-refractivity contribution in [2.24, 2.45) is 0 Å². The number of hydrogen-bond donors (Lipinski definition) is 1. The van der Waals surface area contributed by atoms with E-state index in [1.165, 1.54) is 0 Å². The van der Waals surface area contributed by atoms with E-state index < -0.39 is 0 Å². The first-order chi connectivity index (χ1) is 12.3. The van der Waals surface area contributed by atoms with Crippen LogP contribution in [0, 0.1) is 0 Å². The minimum Gasteiger partial charge on any atom is -0.486 e. The van der Waals surface area contributed by atoms with Gasteiger partial charge in [-0.15, -0.1) is 0 Å². The first-order valence-corrected chi connectivity index (χ1v) is 8.23. The molecule has 124 valence electrons. The summed E-state index contributed by atoms with van der Waals surface area (Å²) in [5.74, 6) is 1.18. The molecule has 1 aromatic heterocycles. The lowest BCUT2D eigenvalue weighted by Gasteiger charge is -2.28. The number of para-hydroxylation sites is 2. The van der Waals surface area contributed by atoms with Gasteiger partial charge < -0.3 is 14.8 Å². The molecule has 1 amide bonds. The number of nitrogens with zero attached hydrogens (tertiary/aromatic N) is 2. The van der Waals surface area contributed by atoms with Crippen molar-refractivity contribution in [1.82, 2.24) is 9.97 Å². The van der Waals surface area contributed by atoms with E-state index in [2.05, 4.69) is 10.3 Å². The number of carbonyl (C=O) groups excluding carboxylic acids is 1. The molecule has 6 heteroatoms. The Kier molecular flexibility index (Phi) is 3.09. The minimum absolute atomic E-state index is 0.0378. The third kappa shape index (κ3) is 2.38. The van der Waals surface area contributed by atoms with Gasteiger partial charge in [0.05, 0.1) is 16.7 Å². The fourth-order valence-electron chi connectivity index (χ4n) is 3.40. The van der Waals surface area contributed by atoms with Crippen molar-refractivity contribution in [2.45, 2.75) is 12.3 Å². The second kappa shape index (κ2) is 5.44. The fraction of sp³-hybridized carbons (Fsp3) is 0.211.